The Morgan fingerprint density at radius 3 is 2.80 bits per heavy atom. The van der Waals surface area contributed by atoms with Crippen molar-refractivity contribution in [3.63, 3.8) is 0 Å². The summed E-state index contributed by atoms with van der Waals surface area (Å²) in [5.74, 6) is 1.10. The number of hydrogen-bond acceptors (Lipinski definition) is 3. The van der Waals surface area contributed by atoms with Gasteiger partial charge in [0.1, 0.15) is 5.75 Å². The summed E-state index contributed by atoms with van der Waals surface area (Å²) in [6, 6.07) is 6.42. The van der Waals surface area contributed by atoms with E-state index in [1.165, 1.54) is 12.1 Å². The maximum atomic E-state index is 12.2. The molecule has 0 atom stereocenters. The van der Waals surface area contributed by atoms with Crippen LogP contribution in [0, 0.1) is 10.7 Å². The lowest BCUT2D eigenvalue weighted by Crippen LogP contribution is -2.07. The molecule has 0 saturated carbocycles. The summed E-state index contributed by atoms with van der Waals surface area (Å²) in [5, 5.41) is 6.89. The smallest absolute Gasteiger partial charge is 0.387 e. The minimum absolute atomic E-state index is 0.0996. The van der Waals surface area contributed by atoms with Crippen LogP contribution in [0.4, 0.5) is 8.78 Å². The highest BCUT2D eigenvalue weighted by atomic mass is 32.1. The van der Waals surface area contributed by atoms with E-state index >= 15 is 0 Å². The van der Waals surface area contributed by atoms with Crippen LogP contribution >= 0.6 is 12.2 Å². The molecule has 0 fully saturated rings. The lowest BCUT2D eigenvalue weighted by molar-refractivity contribution is -0.0498. The molecule has 2 aromatic rings. The first-order valence-corrected chi connectivity index (χ1v) is 6.58. The van der Waals surface area contributed by atoms with Crippen LogP contribution in [0.3, 0.4) is 0 Å². The zero-order valence-electron chi connectivity index (χ0n) is 11.1. The van der Waals surface area contributed by atoms with Crippen molar-refractivity contribution >= 4 is 12.2 Å². The van der Waals surface area contributed by atoms with Crippen LogP contribution in [0.2, 0.25) is 0 Å². The molecule has 0 unspecified atom stereocenters. The Labute approximate surface area is 120 Å². The number of nitrogens with one attached hydrogen (secondary N) is 1. The third kappa shape index (κ3) is 3.41. The van der Waals surface area contributed by atoms with Crippen molar-refractivity contribution in [1.82, 2.24) is 14.8 Å². The molecule has 108 valence electrons. The third-order valence-electron chi connectivity index (χ3n) is 2.62. The number of H-pyrrole nitrogens is 1. The van der Waals surface area contributed by atoms with E-state index in [0.717, 1.165) is 0 Å². The first-order chi connectivity index (χ1) is 9.47. The Balaban J connectivity index is 2.39. The molecule has 7 heteroatoms. The number of halogens is 2. The predicted octanol–water partition coefficient (Wildman–Crippen LogP) is 3.87. The molecular weight excluding hydrogens is 284 g/mol. The van der Waals surface area contributed by atoms with Crippen molar-refractivity contribution in [2.45, 2.75) is 27.0 Å². The van der Waals surface area contributed by atoms with Crippen LogP contribution in [0.5, 0.6) is 5.75 Å². The molecule has 1 aromatic heterocycles. The van der Waals surface area contributed by atoms with Gasteiger partial charge in [-0.2, -0.15) is 13.9 Å². The fraction of sp³-hybridized carbons (Fsp3) is 0.385. The molecule has 1 aromatic carbocycles. The zero-order valence-corrected chi connectivity index (χ0v) is 12.0. The molecule has 0 saturated heterocycles. The van der Waals surface area contributed by atoms with E-state index in [9.17, 15) is 8.78 Å². The van der Waals surface area contributed by atoms with Gasteiger partial charge >= 0.3 is 6.61 Å². The van der Waals surface area contributed by atoms with E-state index in [4.69, 9.17) is 12.2 Å². The molecule has 0 aliphatic heterocycles. The van der Waals surface area contributed by atoms with Gasteiger partial charge in [-0.05, 0) is 30.3 Å². The van der Waals surface area contributed by atoms with Crippen molar-refractivity contribution in [3.8, 4) is 17.1 Å². The van der Waals surface area contributed by atoms with Crippen molar-refractivity contribution < 1.29 is 13.5 Å². The van der Waals surface area contributed by atoms with Gasteiger partial charge in [-0.15, -0.1) is 0 Å². The fourth-order valence-corrected chi connectivity index (χ4v) is 2.09. The summed E-state index contributed by atoms with van der Waals surface area (Å²) >= 11 is 5.19. The molecule has 1 N–H and O–H groups in total. The first kappa shape index (κ1) is 14.6. The molecule has 2 rings (SSSR count). The van der Waals surface area contributed by atoms with Crippen molar-refractivity contribution in [1.29, 1.82) is 0 Å². The van der Waals surface area contributed by atoms with E-state index in [0.29, 0.717) is 28.6 Å². The summed E-state index contributed by atoms with van der Waals surface area (Å²) in [6.45, 7) is 1.98. The Hall–Kier alpha value is -1.76. The van der Waals surface area contributed by atoms with Crippen molar-refractivity contribution in [2.24, 2.45) is 5.92 Å². The number of benzene rings is 1. The second kappa shape index (κ2) is 6.13. The second-order valence-electron chi connectivity index (χ2n) is 4.76. The fourth-order valence-electron chi connectivity index (χ4n) is 1.88. The quantitative estimate of drug-likeness (QED) is 0.852. The summed E-state index contributed by atoms with van der Waals surface area (Å²) in [7, 11) is 0. The van der Waals surface area contributed by atoms with Gasteiger partial charge in [0.25, 0.3) is 0 Å². The van der Waals surface area contributed by atoms with E-state index in [1.54, 1.807) is 12.1 Å². The standard InChI is InChI=1S/C13H15F2N3OS/c1-8(2)7-18-11(16-17-13(18)20)9-4-3-5-10(6-9)19-12(14)15/h3-6,8,12H,7H2,1-2H3,(H,17,20). The first-order valence-electron chi connectivity index (χ1n) is 6.18. The number of nitrogens with zero attached hydrogens (tertiary/aromatic N) is 2. The number of alkyl halides is 2. The van der Waals surface area contributed by atoms with Gasteiger partial charge in [0.15, 0.2) is 10.6 Å². The number of ether oxygens (including phenoxy) is 1. The van der Waals surface area contributed by atoms with Crippen molar-refractivity contribution in [3.05, 3.63) is 29.0 Å². The number of aromatic nitrogens is 3. The molecule has 0 aliphatic carbocycles. The maximum absolute atomic E-state index is 12.2. The largest absolute Gasteiger partial charge is 0.435 e. The normalized spacial score (nSPS) is 11.3. The minimum Gasteiger partial charge on any atom is -0.435 e. The highest BCUT2D eigenvalue weighted by Gasteiger charge is 2.12. The average Bonchev–Trinajstić information content (AvgIpc) is 2.70. The van der Waals surface area contributed by atoms with E-state index in [1.807, 2.05) is 4.57 Å². The Morgan fingerprint density at radius 1 is 1.40 bits per heavy atom. The van der Waals surface area contributed by atoms with Gasteiger partial charge in [-0.1, -0.05) is 26.0 Å². The Bertz CT molecular complexity index is 637. The average molecular weight is 299 g/mol. The van der Waals surface area contributed by atoms with E-state index in [2.05, 4.69) is 28.8 Å². The highest BCUT2D eigenvalue weighted by Crippen LogP contribution is 2.24. The van der Waals surface area contributed by atoms with Gasteiger partial charge in [-0.25, -0.2) is 0 Å². The van der Waals surface area contributed by atoms with Gasteiger partial charge in [0.2, 0.25) is 0 Å². The van der Waals surface area contributed by atoms with Crippen LogP contribution in [0.25, 0.3) is 11.4 Å². The molecule has 1 heterocycles. The molecule has 20 heavy (non-hydrogen) atoms. The molecule has 0 bridgehead atoms. The SMILES string of the molecule is CC(C)Cn1c(-c2cccc(OC(F)F)c2)n[nH]c1=S. The maximum Gasteiger partial charge on any atom is 0.387 e. The lowest BCUT2D eigenvalue weighted by atomic mass is 10.2. The molecule has 0 aliphatic rings. The van der Waals surface area contributed by atoms with Crippen LogP contribution in [0.1, 0.15) is 13.8 Å². The minimum atomic E-state index is -2.85. The molecule has 0 amide bonds. The number of hydrogen-bond donors (Lipinski definition) is 1. The third-order valence-corrected chi connectivity index (χ3v) is 2.94. The molecule has 4 nitrogen and oxygen atoms in total. The Morgan fingerprint density at radius 2 is 2.15 bits per heavy atom. The Kier molecular flexibility index (Phi) is 4.49. The van der Waals surface area contributed by atoms with E-state index < -0.39 is 6.61 Å². The van der Waals surface area contributed by atoms with Gasteiger partial charge < -0.3 is 4.74 Å². The molecule has 0 spiro atoms. The van der Waals surface area contributed by atoms with Crippen LogP contribution in [-0.2, 0) is 6.54 Å². The number of aromatic amines is 1. The van der Waals surface area contributed by atoms with Crippen molar-refractivity contribution in [2.75, 3.05) is 0 Å². The van der Waals surface area contributed by atoms with Crippen LogP contribution in [0.15, 0.2) is 24.3 Å². The van der Waals surface area contributed by atoms with Gasteiger partial charge in [0, 0.05) is 12.1 Å². The van der Waals surface area contributed by atoms with Gasteiger partial charge in [0.05, 0.1) is 0 Å². The van der Waals surface area contributed by atoms with Crippen LogP contribution in [-0.4, -0.2) is 21.4 Å². The predicted molar refractivity (Wildman–Crippen MR) is 74.3 cm³/mol. The second-order valence-corrected chi connectivity index (χ2v) is 5.15. The van der Waals surface area contributed by atoms with Gasteiger partial charge in [-0.3, -0.25) is 9.67 Å². The number of rotatable bonds is 5. The topological polar surface area (TPSA) is 42.8 Å². The molecular formula is C13H15F2N3OS. The highest BCUT2D eigenvalue weighted by molar-refractivity contribution is 7.71. The van der Waals surface area contributed by atoms with E-state index in [-0.39, 0.29) is 5.75 Å². The summed E-state index contributed by atoms with van der Waals surface area (Å²) < 4.78 is 31.2. The summed E-state index contributed by atoms with van der Waals surface area (Å²) in [4.78, 5) is 0. The summed E-state index contributed by atoms with van der Waals surface area (Å²) in [6.07, 6.45) is 0. The monoisotopic (exact) mass is 299 g/mol. The zero-order chi connectivity index (χ0) is 14.7. The van der Waals surface area contributed by atoms with Crippen LogP contribution < -0.4 is 4.74 Å². The molecule has 0 radical (unpaired) electrons. The summed E-state index contributed by atoms with van der Waals surface area (Å²) in [5.41, 5.74) is 0.677. The lowest BCUT2D eigenvalue weighted by Gasteiger charge is -2.10.